The Balaban J connectivity index is 1.26. The number of anilines is 1. The van der Waals surface area contributed by atoms with Crippen molar-refractivity contribution in [3.63, 3.8) is 0 Å². The Morgan fingerprint density at radius 2 is 1.93 bits per heavy atom. The van der Waals surface area contributed by atoms with Crippen LogP contribution < -0.4 is 5.32 Å². The molecule has 202 valence electrons. The van der Waals surface area contributed by atoms with Crippen LogP contribution in [0.3, 0.4) is 0 Å². The zero-order chi connectivity index (χ0) is 27.4. The van der Waals surface area contributed by atoms with Crippen LogP contribution in [0.4, 0.5) is 5.82 Å². The Labute approximate surface area is 229 Å². The number of hydrogen-bond acceptors (Lipinski definition) is 8. The smallest absolute Gasteiger partial charge is 0.256 e. The van der Waals surface area contributed by atoms with Gasteiger partial charge < -0.3 is 15.0 Å². The summed E-state index contributed by atoms with van der Waals surface area (Å²) in [7, 11) is 0. The summed E-state index contributed by atoms with van der Waals surface area (Å²) in [6, 6.07) is 16.4. The molecule has 2 fully saturated rings. The highest BCUT2D eigenvalue weighted by molar-refractivity contribution is 6.06. The average molecular weight is 537 g/mol. The number of imidazole rings is 1. The molecule has 2 saturated heterocycles. The number of benzene rings is 2. The molecule has 40 heavy (non-hydrogen) atoms. The molecule has 5 aromatic rings. The van der Waals surface area contributed by atoms with Gasteiger partial charge in [0.2, 0.25) is 5.96 Å². The highest BCUT2D eigenvalue weighted by Gasteiger charge is 2.58. The van der Waals surface area contributed by atoms with Crippen LogP contribution in [0.2, 0.25) is 0 Å². The van der Waals surface area contributed by atoms with E-state index in [2.05, 4.69) is 49.3 Å². The first kappa shape index (κ1) is 24.3. The lowest BCUT2D eigenvalue weighted by Crippen LogP contribution is -2.55. The van der Waals surface area contributed by atoms with Gasteiger partial charge in [-0.15, -0.1) is 5.10 Å². The van der Waals surface area contributed by atoms with Crippen molar-refractivity contribution in [2.24, 2.45) is 5.92 Å². The quantitative estimate of drug-likeness (QED) is 0.262. The number of aromatic nitrogens is 7. The molecule has 1 amide bonds. The van der Waals surface area contributed by atoms with Crippen LogP contribution in [0.5, 0.6) is 0 Å². The summed E-state index contributed by atoms with van der Waals surface area (Å²) in [5.74, 6) is 0.417. The fraction of sp³-hybridized carbons (Fsp3) is 0.321. The Kier molecular flexibility index (Phi) is 5.59. The van der Waals surface area contributed by atoms with Gasteiger partial charge in [-0.25, -0.2) is 15.0 Å². The number of piperidine rings is 1. The summed E-state index contributed by atoms with van der Waals surface area (Å²) in [6.07, 6.45) is 4.25. The second-order valence-electron chi connectivity index (χ2n) is 10.3. The number of carbonyl (C=O) groups excluding carboxylic acids is 1. The molecule has 0 radical (unpaired) electrons. The molecule has 2 bridgehead atoms. The van der Waals surface area contributed by atoms with E-state index in [1.54, 1.807) is 23.1 Å². The highest BCUT2D eigenvalue weighted by Crippen LogP contribution is 2.51. The summed E-state index contributed by atoms with van der Waals surface area (Å²) in [4.78, 5) is 28.3. The van der Waals surface area contributed by atoms with Crippen LogP contribution in [0.25, 0.3) is 22.2 Å². The second kappa shape index (κ2) is 9.19. The van der Waals surface area contributed by atoms with E-state index in [0.717, 1.165) is 23.9 Å². The number of para-hydroxylation sites is 1. The number of hydrogen-bond donors (Lipinski definition) is 2. The van der Waals surface area contributed by atoms with Gasteiger partial charge in [0, 0.05) is 18.0 Å². The first-order valence-electron chi connectivity index (χ1n) is 13.4. The molecule has 2 aliphatic heterocycles. The summed E-state index contributed by atoms with van der Waals surface area (Å²) in [5, 5.41) is 20.6. The van der Waals surface area contributed by atoms with E-state index < -0.39 is 6.23 Å². The Bertz CT molecular complexity index is 1750. The first-order chi connectivity index (χ1) is 19.5. The zero-order valence-corrected chi connectivity index (χ0v) is 22.1. The van der Waals surface area contributed by atoms with Crippen molar-refractivity contribution in [2.75, 3.05) is 11.9 Å². The van der Waals surface area contributed by atoms with Gasteiger partial charge in [-0.2, -0.15) is 4.68 Å². The van der Waals surface area contributed by atoms with Crippen molar-refractivity contribution >= 4 is 39.9 Å². The van der Waals surface area contributed by atoms with Crippen molar-refractivity contribution in [2.45, 2.75) is 44.6 Å². The van der Waals surface area contributed by atoms with Crippen molar-refractivity contribution < 1.29 is 9.53 Å². The number of ether oxygens (including phenoxy) is 1. The van der Waals surface area contributed by atoms with Gasteiger partial charge in [0.1, 0.15) is 11.8 Å². The Morgan fingerprint density at radius 1 is 1.12 bits per heavy atom. The molecule has 7 rings (SSSR count). The van der Waals surface area contributed by atoms with E-state index in [0.29, 0.717) is 29.1 Å². The monoisotopic (exact) mass is 536 g/mol. The van der Waals surface area contributed by atoms with Gasteiger partial charge in [0.25, 0.3) is 5.91 Å². The lowest BCUT2D eigenvalue weighted by molar-refractivity contribution is -0.0842. The third-order valence-electron chi connectivity index (χ3n) is 8.45. The molecule has 5 heterocycles. The molecular weight excluding hydrogens is 508 g/mol. The molecule has 2 aromatic carbocycles. The van der Waals surface area contributed by atoms with E-state index >= 15 is 0 Å². The highest BCUT2D eigenvalue weighted by atomic mass is 16.5. The SMILES string of the molecule is CC[C@@]12CCN(C(=N)n3nnc4ccccc43)[C@@H]([C@H](n3cnc4c(NC(=O)c5ccccc5)ncnc43)O1)[C@@H]2C. The molecule has 0 aliphatic carbocycles. The number of amides is 1. The van der Waals surface area contributed by atoms with Gasteiger partial charge in [-0.1, -0.05) is 49.4 Å². The molecule has 2 aliphatic rings. The maximum atomic E-state index is 12.8. The summed E-state index contributed by atoms with van der Waals surface area (Å²) in [5.41, 5.74) is 2.72. The van der Waals surface area contributed by atoms with Crippen LogP contribution in [0.15, 0.2) is 67.3 Å². The van der Waals surface area contributed by atoms with Crippen molar-refractivity contribution in [1.29, 1.82) is 5.41 Å². The first-order valence-corrected chi connectivity index (χ1v) is 13.4. The van der Waals surface area contributed by atoms with Crippen molar-refractivity contribution in [3.8, 4) is 0 Å². The van der Waals surface area contributed by atoms with E-state index in [-0.39, 0.29) is 29.4 Å². The van der Waals surface area contributed by atoms with Gasteiger partial charge >= 0.3 is 0 Å². The van der Waals surface area contributed by atoms with Crippen LogP contribution in [0, 0.1) is 11.3 Å². The number of rotatable bonds is 4. The summed E-state index contributed by atoms with van der Waals surface area (Å²) in [6.45, 7) is 4.98. The molecule has 2 N–H and O–H groups in total. The average Bonchev–Trinajstić information content (AvgIpc) is 3.66. The standard InChI is InChI=1S/C28H28N10O2/c1-3-28-13-14-36(27(29)38-20-12-8-7-11-19(20)34-35-38)22(17(28)2)26(40-28)37-16-32-21-23(30-15-31-24(21)37)33-25(39)18-9-5-4-6-10-18/h4-12,15-17,22,26,29H,3,13-14H2,1-2H3,(H,30,31,33,39)/t17-,22+,26+,28-/m0/s1. The third-order valence-corrected chi connectivity index (χ3v) is 8.45. The minimum Gasteiger partial charge on any atom is -0.349 e. The number of nitrogens with one attached hydrogen (secondary N) is 2. The van der Waals surface area contributed by atoms with Crippen molar-refractivity contribution in [3.05, 3.63) is 72.8 Å². The van der Waals surface area contributed by atoms with E-state index in [4.69, 9.17) is 4.74 Å². The van der Waals surface area contributed by atoms with Gasteiger partial charge in [-0.3, -0.25) is 14.8 Å². The van der Waals surface area contributed by atoms with Gasteiger partial charge in [-0.05, 0) is 37.1 Å². The molecule has 0 unspecified atom stereocenters. The largest absolute Gasteiger partial charge is 0.349 e. The lowest BCUT2D eigenvalue weighted by Gasteiger charge is -2.43. The number of fused-ring (bicyclic) bond motifs is 4. The Morgan fingerprint density at radius 3 is 2.75 bits per heavy atom. The van der Waals surface area contributed by atoms with Crippen LogP contribution in [-0.2, 0) is 4.74 Å². The van der Waals surface area contributed by atoms with Crippen LogP contribution in [0.1, 0.15) is 43.3 Å². The normalized spacial score (nSPS) is 24.1. The molecule has 3 aromatic heterocycles. The van der Waals surface area contributed by atoms with Gasteiger partial charge in [0.05, 0.1) is 23.5 Å². The fourth-order valence-electron chi connectivity index (χ4n) is 6.24. The number of nitrogens with zero attached hydrogens (tertiary/aromatic N) is 8. The number of likely N-dealkylation sites (tertiary alicyclic amines) is 1. The van der Waals surface area contributed by atoms with E-state index in [1.165, 1.54) is 6.33 Å². The molecule has 12 heteroatoms. The van der Waals surface area contributed by atoms with E-state index in [9.17, 15) is 10.2 Å². The van der Waals surface area contributed by atoms with Gasteiger partial charge in [0.15, 0.2) is 23.2 Å². The van der Waals surface area contributed by atoms with Crippen LogP contribution in [-0.4, -0.2) is 69.5 Å². The molecule has 4 atom stereocenters. The predicted molar refractivity (Wildman–Crippen MR) is 148 cm³/mol. The third kappa shape index (κ3) is 3.59. The number of carbonyl (C=O) groups is 1. The van der Waals surface area contributed by atoms with E-state index in [1.807, 2.05) is 47.0 Å². The maximum Gasteiger partial charge on any atom is 0.256 e. The molecule has 0 saturated carbocycles. The Hall–Kier alpha value is -4.71. The minimum absolute atomic E-state index is 0.114. The summed E-state index contributed by atoms with van der Waals surface area (Å²) < 4.78 is 10.3. The topological polar surface area (TPSA) is 140 Å². The zero-order valence-electron chi connectivity index (χ0n) is 22.1. The maximum absolute atomic E-state index is 12.8. The lowest BCUT2D eigenvalue weighted by atomic mass is 9.77. The minimum atomic E-state index is -0.467. The molecule has 12 nitrogen and oxygen atoms in total. The molecule has 0 spiro atoms. The van der Waals surface area contributed by atoms with Crippen LogP contribution >= 0.6 is 0 Å². The van der Waals surface area contributed by atoms with Crippen molar-refractivity contribution in [1.82, 2.24) is 39.4 Å². The predicted octanol–water partition coefficient (Wildman–Crippen LogP) is 3.69. The summed E-state index contributed by atoms with van der Waals surface area (Å²) >= 11 is 0. The fourth-order valence-corrected chi connectivity index (χ4v) is 6.24. The second-order valence-corrected chi connectivity index (χ2v) is 10.3. The molecular formula is C28H28N10O2.